The van der Waals surface area contributed by atoms with E-state index in [9.17, 15) is 8.42 Å². The monoisotopic (exact) mass is 368 g/mol. The molecule has 1 rings (SSSR count). The van der Waals surface area contributed by atoms with E-state index in [0.717, 1.165) is 4.47 Å². The molecule has 0 spiro atoms. The van der Waals surface area contributed by atoms with Crippen LogP contribution in [0.3, 0.4) is 0 Å². The number of hydrogen-bond acceptors (Lipinski definition) is 3. The predicted molar refractivity (Wildman–Crippen MR) is 82.3 cm³/mol. The highest BCUT2D eigenvalue weighted by molar-refractivity contribution is 9.10. The molecule has 3 nitrogen and oxygen atoms in total. The predicted octanol–water partition coefficient (Wildman–Crippen LogP) is 4.20. The third-order valence-corrected chi connectivity index (χ3v) is 5.10. The average molecular weight is 370 g/mol. The summed E-state index contributed by atoms with van der Waals surface area (Å²) in [6.45, 7) is 4.24. The van der Waals surface area contributed by atoms with Gasteiger partial charge in [-0.1, -0.05) is 35.8 Å². The lowest BCUT2D eigenvalue weighted by molar-refractivity contribution is 0.155. The number of benzene rings is 1. The van der Waals surface area contributed by atoms with Crippen LogP contribution in [-0.2, 0) is 9.05 Å². The smallest absolute Gasteiger partial charge is 0.233 e. The molecule has 0 saturated carbocycles. The summed E-state index contributed by atoms with van der Waals surface area (Å²) in [6.07, 6.45) is 1.40. The molecule has 0 aliphatic carbocycles. The van der Waals surface area contributed by atoms with Crippen LogP contribution in [0.25, 0.3) is 0 Å². The zero-order valence-electron chi connectivity index (χ0n) is 11.0. The third-order valence-electron chi connectivity index (χ3n) is 3.32. The normalized spacial score (nSPS) is 12.4. The minimum Gasteiger partial charge on any atom is -0.493 e. The van der Waals surface area contributed by atoms with Gasteiger partial charge in [-0.3, -0.25) is 0 Å². The van der Waals surface area contributed by atoms with Crippen molar-refractivity contribution < 1.29 is 13.2 Å². The molecule has 1 aromatic carbocycles. The summed E-state index contributed by atoms with van der Waals surface area (Å²) < 4.78 is 29.3. The first-order valence-electron chi connectivity index (χ1n) is 6.11. The van der Waals surface area contributed by atoms with Gasteiger partial charge in [0.25, 0.3) is 0 Å². The molecule has 0 aromatic heterocycles. The first-order valence-corrected chi connectivity index (χ1v) is 9.38. The SMILES string of the molecule is CCC(CC)(COc1cccc(Br)c1)CS(=O)(=O)Cl. The minimum absolute atomic E-state index is 0.0669. The van der Waals surface area contributed by atoms with Crippen molar-refractivity contribution in [2.24, 2.45) is 5.41 Å². The maximum atomic E-state index is 11.3. The van der Waals surface area contributed by atoms with Crippen LogP contribution < -0.4 is 4.74 Å². The largest absolute Gasteiger partial charge is 0.493 e. The Morgan fingerprint density at radius 2 is 1.95 bits per heavy atom. The molecule has 0 heterocycles. The standard InChI is InChI=1S/C13H18BrClO3S/c1-3-13(4-2,10-19(15,16)17)9-18-12-7-5-6-11(14)8-12/h5-8H,3-4,9-10H2,1-2H3. The van der Waals surface area contributed by atoms with Crippen LogP contribution in [0, 0.1) is 5.41 Å². The summed E-state index contributed by atoms with van der Waals surface area (Å²) in [5.41, 5.74) is -0.442. The molecule has 1 aromatic rings. The fourth-order valence-corrected chi connectivity index (χ4v) is 4.15. The van der Waals surface area contributed by atoms with Gasteiger partial charge in [0.15, 0.2) is 0 Å². The topological polar surface area (TPSA) is 43.4 Å². The molecule has 108 valence electrons. The summed E-state index contributed by atoms with van der Waals surface area (Å²) in [5, 5.41) is 0. The van der Waals surface area contributed by atoms with Crippen molar-refractivity contribution in [3.63, 3.8) is 0 Å². The molecule has 0 bridgehead atoms. The van der Waals surface area contributed by atoms with Gasteiger partial charge in [0.05, 0.1) is 12.4 Å². The van der Waals surface area contributed by atoms with E-state index < -0.39 is 14.5 Å². The molecule has 0 radical (unpaired) electrons. The van der Waals surface area contributed by atoms with Gasteiger partial charge in [0.2, 0.25) is 9.05 Å². The van der Waals surface area contributed by atoms with Crippen molar-refractivity contribution in [2.45, 2.75) is 26.7 Å². The van der Waals surface area contributed by atoms with Gasteiger partial charge in [0.1, 0.15) is 5.75 Å². The lowest BCUT2D eigenvalue weighted by Gasteiger charge is -2.30. The fraction of sp³-hybridized carbons (Fsp3) is 0.538. The van der Waals surface area contributed by atoms with E-state index in [2.05, 4.69) is 15.9 Å². The highest BCUT2D eigenvalue weighted by Crippen LogP contribution is 2.31. The molecular formula is C13H18BrClO3S. The van der Waals surface area contributed by atoms with Gasteiger partial charge in [-0.2, -0.15) is 0 Å². The van der Waals surface area contributed by atoms with Crippen molar-refractivity contribution in [3.05, 3.63) is 28.7 Å². The number of halogens is 2. The summed E-state index contributed by atoms with van der Waals surface area (Å²) >= 11 is 3.37. The van der Waals surface area contributed by atoms with Crippen LogP contribution in [-0.4, -0.2) is 20.8 Å². The van der Waals surface area contributed by atoms with E-state index in [1.54, 1.807) is 0 Å². The van der Waals surface area contributed by atoms with Gasteiger partial charge in [-0.25, -0.2) is 8.42 Å². The maximum Gasteiger partial charge on any atom is 0.233 e. The Bertz CT molecular complexity index is 512. The van der Waals surface area contributed by atoms with Crippen LogP contribution in [0.15, 0.2) is 28.7 Å². The zero-order valence-corrected chi connectivity index (χ0v) is 14.2. The Kier molecular flexibility index (Phi) is 6.15. The van der Waals surface area contributed by atoms with E-state index in [1.807, 2.05) is 38.1 Å². The number of rotatable bonds is 7. The van der Waals surface area contributed by atoms with Gasteiger partial charge in [0, 0.05) is 20.6 Å². The Balaban J connectivity index is 2.79. The molecule has 0 saturated heterocycles. The first-order chi connectivity index (χ1) is 8.80. The number of hydrogen-bond donors (Lipinski definition) is 0. The van der Waals surface area contributed by atoms with E-state index in [4.69, 9.17) is 15.4 Å². The van der Waals surface area contributed by atoms with Crippen LogP contribution in [0.2, 0.25) is 0 Å². The summed E-state index contributed by atoms with van der Waals surface area (Å²) in [6, 6.07) is 7.47. The van der Waals surface area contributed by atoms with Gasteiger partial charge < -0.3 is 4.74 Å². The van der Waals surface area contributed by atoms with Crippen LogP contribution in [0.1, 0.15) is 26.7 Å². The van der Waals surface area contributed by atoms with E-state index in [0.29, 0.717) is 25.2 Å². The van der Waals surface area contributed by atoms with Gasteiger partial charge >= 0.3 is 0 Å². The Morgan fingerprint density at radius 3 is 2.42 bits per heavy atom. The third kappa shape index (κ3) is 5.71. The maximum absolute atomic E-state index is 11.3. The van der Waals surface area contributed by atoms with Gasteiger partial charge in [-0.05, 0) is 31.0 Å². The summed E-state index contributed by atoms with van der Waals surface area (Å²) in [4.78, 5) is 0. The molecule has 0 amide bonds. The summed E-state index contributed by atoms with van der Waals surface area (Å²) in [7, 11) is 1.86. The number of ether oxygens (including phenoxy) is 1. The molecule has 6 heteroatoms. The van der Waals surface area contributed by atoms with E-state index >= 15 is 0 Å². The average Bonchev–Trinajstić information content (AvgIpc) is 2.33. The lowest BCUT2D eigenvalue weighted by atomic mass is 9.85. The van der Waals surface area contributed by atoms with Crippen molar-refractivity contribution >= 4 is 35.7 Å². The van der Waals surface area contributed by atoms with E-state index in [-0.39, 0.29) is 5.75 Å². The minimum atomic E-state index is -3.54. The zero-order chi connectivity index (χ0) is 14.5. The van der Waals surface area contributed by atoms with Crippen molar-refractivity contribution in [2.75, 3.05) is 12.4 Å². The van der Waals surface area contributed by atoms with Crippen molar-refractivity contribution in [3.8, 4) is 5.75 Å². The molecule has 0 atom stereocenters. The van der Waals surface area contributed by atoms with E-state index in [1.165, 1.54) is 0 Å². The molecule has 0 N–H and O–H groups in total. The lowest BCUT2D eigenvalue weighted by Crippen LogP contribution is -2.33. The molecule has 0 unspecified atom stereocenters. The Labute approximate surface area is 127 Å². The second kappa shape index (κ2) is 6.95. The molecule has 19 heavy (non-hydrogen) atoms. The molecular weight excluding hydrogens is 352 g/mol. The van der Waals surface area contributed by atoms with Crippen molar-refractivity contribution in [1.29, 1.82) is 0 Å². The highest BCUT2D eigenvalue weighted by Gasteiger charge is 2.32. The second-order valence-electron chi connectivity index (χ2n) is 4.64. The van der Waals surface area contributed by atoms with Crippen LogP contribution >= 0.6 is 26.6 Å². The second-order valence-corrected chi connectivity index (χ2v) is 8.33. The van der Waals surface area contributed by atoms with Crippen molar-refractivity contribution in [1.82, 2.24) is 0 Å². The van der Waals surface area contributed by atoms with Crippen LogP contribution in [0.4, 0.5) is 0 Å². The molecule has 0 fully saturated rings. The molecule has 0 aliphatic rings. The fourth-order valence-electron chi connectivity index (χ4n) is 1.86. The van der Waals surface area contributed by atoms with Crippen LogP contribution in [0.5, 0.6) is 5.75 Å². The first kappa shape index (κ1) is 16.8. The molecule has 0 aliphatic heterocycles. The summed E-state index contributed by atoms with van der Waals surface area (Å²) in [5.74, 6) is 0.648. The Morgan fingerprint density at radius 1 is 1.32 bits per heavy atom. The highest BCUT2D eigenvalue weighted by atomic mass is 79.9. The quantitative estimate of drug-likeness (QED) is 0.676. The van der Waals surface area contributed by atoms with Gasteiger partial charge in [-0.15, -0.1) is 0 Å². The Hall–Kier alpha value is -0.260.